The molecular weight excluding hydrogens is 444 g/mol. The van der Waals surface area contributed by atoms with Gasteiger partial charge in [0, 0.05) is 0 Å². The van der Waals surface area contributed by atoms with Crippen LogP contribution in [-0.4, -0.2) is 0 Å². The van der Waals surface area contributed by atoms with Crippen LogP contribution >= 0.6 is 0 Å². The Morgan fingerprint density at radius 3 is 0.595 bits per heavy atom. The molecule has 0 aromatic heterocycles. The summed E-state index contributed by atoms with van der Waals surface area (Å²) in [4.78, 5) is 0. The van der Waals surface area contributed by atoms with E-state index in [0.717, 1.165) is 11.8 Å². The molecular formula is C37H76. The zero-order chi connectivity index (χ0) is 27.1. The van der Waals surface area contributed by atoms with Gasteiger partial charge in [-0.3, -0.25) is 0 Å². The summed E-state index contributed by atoms with van der Waals surface area (Å²) in [5, 5.41) is 0. The van der Waals surface area contributed by atoms with Gasteiger partial charge < -0.3 is 0 Å². The molecule has 0 saturated heterocycles. The summed E-state index contributed by atoms with van der Waals surface area (Å²) >= 11 is 0. The third-order valence-corrected chi connectivity index (χ3v) is 8.99. The Balaban J connectivity index is 3.23. The minimum Gasteiger partial charge on any atom is -0.0654 e. The van der Waals surface area contributed by atoms with E-state index in [9.17, 15) is 0 Å². The molecule has 0 aliphatic heterocycles. The first kappa shape index (κ1) is 37.0. The normalized spacial score (nSPS) is 13.3. The molecule has 0 aliphatic rings. The molecule has 0 aliphatic carbocycles. The van der Waals surface area contributed by atoms with Crippen molar-refractivity contribution in [1.29, 1.82) is 0 Å². The molecule has 37 heavy (non-hydrogen) atoms. The summed E-state index contributed by atoms with van der Waals surface area (Å²) < 4.78 is 0. The van der Waals surface area contributed by atoms with E-state index in [-0.39, 0.29) is 0 Å². The first-order chi connectivity index (χ1) is 18.2. The predicted molar refractivity (Wildman–Crippen MR) is 173 cm³/mol. The molecule has 0 nitrogen and oxygen atoms in total. The molecule has 0 aromatic rings. The van der Waals surface area contributed by atoms with E-state index in [2.05, 4.69) is 27.7 Å². The highest BCUT2D eigenvalue weighted by atomic mass is 14.1. The van der Waals surface area contributed by atoms with Crippen molar-refractivity contribution in [3.8, 4) is 0 Å². The molecule has 0 rings (SSSR count). The monoisotopic (exact) mass is 521 g/mol. The van der Waals surface area contributed by atoms with Crippen molar-refractivity contribution in [2.24, 2.45) is 11.8 Å². The number of rotatable bonds is 32. The molecule has 0 bridgehead atoms. The van der Waals surface area contributed by atoms with Crippen LogP contribution in [0.1, 0.15) is 227 Å². The Morgan fingerprint density at radius 1 is 0.243 bits per heavy atom. The largest absolute Gasteiger partial charge is 0.0654 e. The molecule has 0 radical (unpaired) electrons. The summed E-state index contributed by atoms with van der Waals surface area (Å²) in [6.07, 6.45) is 45.6. The quantitative estimate of drug-likeness (QED) is 0.0773. The number of hydrogen-bond donors (Lipinski definition) is 0. The van der Waals surface area contributed by atoms with Crippen molar-refractivity contribution >= 4 is 0 Å². The second-order valence-electron chi connectivity index (χ2n) is 13.2. The van der Waals surface area contributed by atoms with Crippen molar-refractivity contribution in [3.05, 3.63) is 0 Å². The molecule has 0 saturated carbocycles. The van der Waals surface area contributed by atoms with Crippen molar-refractivity contribution in [2.75, 3.05) is 0 Å². The van der Waals surface area contributed by atoms with Crippen molar-refractivity contribution in [1.82, 2.24) is 0 Å². The minimum absolute atomic E-state index is 0.964. The van der Waals surface area contributed by atoms with Gasteiger partial charge in [0.25, 0.3) is 0 Å². The van der Waals surface area contributed by atoms with Gasteiger partial charge in [0.1, 0.15) is 0 Å². The topological polar surface area (TPSA) is 0 Å². The molecule has 2 unspecified atom stereocenters. The lowest BCUT2D eigenvalue weighted by Gasteiger charge is -2.12. The van der Waals surface area contributed by atoms with Crippen LogP contribution in [-0.2, 0) is 0 Å². The van der Waals surface area contributed by atoms with Gasteiger partial charge in [-0.1, -0.05) is 227 Å². The average Bonchev–Trinajstić information content (AvgIpc) is 2.89. The molecule has 0 spiro atoms. The van der Waals surface area contributed by atoms with Gasteiger partial charge in [0.2, 0.25) is 0 Å². The van der Waals surface area contributed by atoms with E-state index < -0.39 is 0 Å². The molecule has 0 heteroatoms. The summed E-state index contributed by atoms with van der Waals surface area (Å²) in [5.74, 6) is 1.93. The first-order valence-electron chi connectivity index (χ1n) is 18.2. The summed E-state index contributed by atoms with van der Waals surface area (Å²) in [6.45, 7) is 9.63. The maximum Gasteiger partial charge on any atom is -0.0443 e. The minimum atomic E-state index is 0.964. The lowest BCUT2D eigenvalue weighted by atomic mass is 9.95. The second-order valence-corrected chi connectivity index (χ2v) is 13.2. The van der Waals surface area contributed by atoms with Crippen molar-refractivity contribution in [2.45, 2.75) is 227 Å². The highest BCUT2D eigenvalue weighted by molar-refractivity contribution is 4.58. The van der Waals surface area contributed by atoms with Crippen LogP contribution in [0.4, 0.5) is 0 Å². The third-order valence-electron chi connectivity index (χ3n) is 8.99. The lowest BCUT2D eigenvalue weighted by molar-refractivity contribution is 0.421. The van der Waals surface area contributed by atoms with Crippen LogP contribution in [0.3, 0.4) is 0 Å². The molecule has 0 N–H and O–H groups in total. The molecule has 0 aromatic carbocycles. The fraction of sp³-hybridized carbons (Fsp3) is 1.00. The average molecular weight is 521 g/mol. The Kier molecular flexibility index (Phi) is 32.2. The highest BCUT2D eigenvalue weighted by Gasteiger charge is 2.04. The van der Waals surface area contributed by atoms with Crippen LogP contribution in [0.15, 0.2) is 0 Å². The van der Waals surface area contributed by atoms with Crippen LogP contribution in [0, 0.1) is 11.8 Å². The Labute approximate surface area is 238 Å². The van der Waals surface area contributed by atoms with Crippen LogP contribution in [0.5, 0.6) is 0 Å². The second kappa shape index (κ2) is 32.2. The van der Waals surface area contributed by atoms with Gasteiger partial charge in [-0.05, 0) is 11.8 Å². The van der Waals surface area contributed by atoms with Crippen LogP contribution in [0.2, 0.25) is 0 Å². The fourth-order valence-corrected chi connectivity index (χ4v) is 6.12. The standard InChI is InChI=1S/C37H76/c1-5-7-9-11-13-15-16-18-21-25-29-33-37(4)35-31-27-23-19-22-26-30-34-36(3)32-28-24-20-17-14-12-10-8-6-2/h36-37H,5-35H2,1-4H3. The predicted octanol–water partition coefficient (Wildman–Crippen LogP) is 14.4. The van der Waals surface area contributed by atoms with Gasteiger partial charge in [0.05, 0.1) is 0 Å². The van der Waals surface area contributed by atoms with Gasteiger partial charge in [-0.15, -0.1) is 0 Å². The smallest absolute Gasteiger partial charge is 0.0443 e. The van der Waals surface area contributed by atoms with Gasteiger partial charge in [-0.2, -0.15) is 0 Å². The first-order valence-corrected chi connectivity index (χ1v) is 18.2. The van der Waals surface area contributed by atoms with E-state index >= 15 is 0 Å². The molecule has 0 amide bonds. The van der Waals surface area contributed by atoms with Crippen LogP contribution < -0.4 is 0 Å². The van der Waals surface area contributed by atoms with Crippen molar-refractivity contribution in [3.63, 3.8) is 0 Å². The summed E-state index contributed by atoms with van der Waals surface area (Å²) in [7, 11) is 0. The Bertz CT molecular complexity index is 385. The van der Waals surface area contributed by atoms with Gasteiger partial charge >= 0.3 is 0 Å². The van der Waals surface area contributed by atoms with E-state index in [4.69, 9.17) is 0 Å². The molecule has 0 fully saturated rings. The Morgan fingerprint density at radius 2 is 0.405 bits per heavy atom. The highest BCUT2D eigenvalue weighted by Crippen LogP contribution is 2.21. The molecule has 0 heterocycles. The number of unbranched alkanes of at least 4 members (excludes halogenated alkanes) is 24. The van der Waals surface area contributed by atoms with E-state index in [1.807, 2.05) is 0 Å². The number of hydrogen-bond acceptors (Lipinski definition) is 0. The lowest BCUT2D eigenvalue weighted by Crippen LogP contribution is -1.96. The van der Waals surface area contributed by atoms with Crippen molar-refractivity contribution < 1.29 is 0 Å². The Hall–Kier alpha value is 0. The SMILES string of the molecule is CCCCCCCCCCCCCC(C)CCCCCCCCCC(C)CCCCCCCCCCC. The zero-order valence-corrected chi connectivity index (χ0v) is 27.1. The summed E-state index contributed by atoms with van der Waals surface area (Å²) in [6, 6.07) is 0. The fourth-order valence-electron chi connectivity index (χ4n) is 6.12. The van der Waals surface area contributed by atoms with Crippen LogP contribution in [0.25, 0.3) is 0 Å². The maximum absolute atomic E-state index is 2.51. The van der Waals surface area contributed by atoms with Gasteiger partial charge in [-0.25, -0.2) is 0 Å². The third kappa shape index (κ3) is 32.1. The van der Waals surface area contributed by atoms with E-state index in [1.165, 1.54) is 199 Å². The molecule has 2 atom stereocenters. The molecule has 224 valence electrons. The van der Waals surface area contributed by atoms with E-state index in [1.54, 1.807) is 0 Å². The van der Waals surface area contributed by atoms with E-state index in [0.29, 0.717) is 0 Å². The maximum atomic E-state index is 2.51. The summed E-state index contributed by atoms with van der Waals surface area (Å²) in [5.41, 5.74) is 0. The zero-order valence-electron chi connectivity index (χ0n) is 27.1. The van der Waals surface area contributed by atoms with Gasteiger partial charge in [0.15, 0.2) is 0 Å².